The summed E-state index contributed by atoms with van der Waals surface area (Å²) in [6, 6.07) is 8.50. The third kappa shape index (κ3) is 3.30. The number of carbonyl (C=O) groups excluding carboxylic acids is 1. The van der Waals surface area contributed by atoms with Gasteiger partial charge in [0, 0.05) is 16.5 Å². The molecule has 0 spiro atoms. The molecular weight excluding hydrogens is 372 g/mol. The maximum Gasteiger partial charge on any atom is 0.341 e. The predicted molar refractivity (Wildman–Crippen MR) is 102 cm³/mol. The van der Waals surface area contributed by atoms with Crippen molar-refractivity contribution >= 4 is 43.2 Å². The molecule has 0 atom stereocenters. The van der Waals surface area contributed by atoms with E-state index in [9.17, 15) is 13.2 Å². The van der Waals surface area contributed by atoms with E-state index < -0.39 is 16.0 Å². The van der Waals surface area contributed by atoms with Crippen molar-refractivity contribution in [3.05, 3.63) is 52.5 Å². The van der Waals surface area contributed by atoms with Gasteiger partial charge in [0.05, 0.1) is 17.7 Å². The first-order valence-corrected chi connectivity index (χ1v) is 10.3. The quantitative estimate of drug-likeness (QED) is 0.668. The van der Waals surface area contributed by atoms with Gasteiger partial charge in [0.2, 0.25) is 0 Å². The van der Waals surface area contributed by atoms with Gasteiger partial charge in [0.15, 0.2) is 0 Å². The van der Waals surface area contributed by atoms with E-state index in [0.29, 0.717) is 11.1 Å². The van der Waals surface area contributed by atoms with Gasteiger partial charge in [-0.1, -0.05) is 18.2 Å². The molecule has 3 rings (SSSR count). The molecule has 26 heavy (non-hydrogen) atoms. The molecule has 2 heterocycles. The van der Waals surface area contributed by atoms with E-state index in [4.69, 9.17) is 4.74 Å². The lowest BCUT2D eigenvalue weighted by atomic mass is 10.2. The number of esters is 1. The number of ether oxygens (including phenoxy) is 1. The molecule has 0 saturated heterocycles. The number of aryl methyl sites for hydroxylation is 1. The van der Waals surface area contributed by atoms with E-state index in [1.165, 1.54) is 17.4 Å². The SMILES string of the molecule is CCOC(=O)c1c(NS(=O)(=O)c2cccc3cccnc23)sc(C)c1C. The average molecular weight is 390 g/mol. The van der Waals surface area contributed by atoms with Gasteiger partial charge in [-0.05, 0) is 38.5 Å². The number of carbonyl (C=O) groups is 1. The largest absolute Gasteiger partial charge is 0.462 e. The number of hydrogen-bond acceptors (Lipinski definition) is 6. The Bertz CT molecular complexity index is 1080. The van der Waals surface area contributed by atoms with Gasteiger partial charge in [-0.2, -0.15) is 0 Å². The lowest BCUT2D eigenvalue weighted by Crippen LogP contribution is -2.16. The number of rotatable bonds is 5. The van der Waals surface area contributed by atoms with Crippen LogP contribution in [0.2, 0.25) is 0 Å². The molecule has 0 radical (unpaired) electrons. The zero-order chi connectivity index (χ0) is 18.9. The maximum absolute atomic E-state index is 13.0. The standard InChI is InChI=1S/C18H18N2O4S2/c1-4-24-18(21)15-11(2)12(3)25-17(15)20-26(22,23)14-9-5-7-13-8-6-10-19-16(13)14/h5-10,20H,4H2,1-3H3. The van der Waals surface area contributed by atoms with Crippen LogP contribution in [0.5, 0.6) is 0 Å². The molecule has 6 nitrogen and oxygen atoms in total. The molecule has 0 aliphatic heterocycles. The van der Waals surface area contributed by atoms with Crippen molar-refractivity contribution in [2.24, 2.45) is 0 Å². The zero-order valence-corrected chi connectivity index (χ0v) is 16.2. The Morgan fingerprint density at radius 1 is 1.23 bits per heavy atom. The molecule has 0 fully saturated rings. The highest BCUT2D eigenvalue weighted by Crippen LogP contribution is 2.35. The van der Waals surface area contributed by atoms with E-state index in [-0.39, 0.29) is 22.1 Å². The number of aromatic nitrogens is 1. The topological polar surface area (TPSA) is 85.4 Å². The van der Waals surface area contributed by atoms with Crippen molar-refractivity contribution in [2.75, 3.05) is 11.3 Å². The Morgan fingerprint density at radius 2 is 1.96 bits per heavy atom. The summed E-state index contributed by atoms with van der Waals surface area (Å²) < 4.78 is 33.6. The first-order chi connectivity index (χ1) is 12.3. The van der Waals surface area contributed by atoms with Crippen LogP contribution in [0.1, 0.15) is 27.7 Å². The van der Waals surface area contributed by atoms with Crippen LogP contribution in [0, 0.1) is 13.8 Å². The molecule has 0 saturated carbocycles. The number of sulfonamides is 1. The highest BCUT2D eigenvalue weighted by molar-refractivity contribution is 7.93. The van der Waals surface area contributed by atoms with E-state index in [1.54, 1.807) is 44.3 Å². The van der Waals surface area contributed by atoms with Crippen molar-refractivity contribution in [3.63, 3.8) is 0 Å². The first kappa shape index (κ1) is 18.3. The number of fused-ring (bicyclic) bond motifs is 1. The van der Waals surface area contributed by atoms with Crippen LogP contribution in [0.3, 0.4) is 0 Å². The predicted octanol–water partition coefficient (Wildman–Crippen LogP) is 3.89. The second kappa shape index (κ2) is 7.05. The normalized spacial score (nSPS) is 11.5. The summed E-state index contributed by atoms with van der Waals surface area (Å²) in [6.07, 6.45) is 1.55. The van der Waals surface area contributed by atoms with Gasteiger partial charge in [-0.3, -0.25) is 9.71 Å². The number of hydrogen-bond donors (Lipinski definition) is 1. The number of nitrogens with one attached hydrogen (secondary N) is 1. The van der Waals surface area contributed by atoms with Crippen LogP contribution in [-0.2, 0) is 14.8 Å². The fourth-order valence-corrected chi connectivity index (χ4v) is 5.15. The van der Waals surface area contributed by atoms with Crippen LogP contribution < -0.4 is 4.72 Å². The van der Waals surface area contributed by atoms with Gasteiger partial charge >= 0.3 is 5.97 Å². The van der Waals surface area contributed by atoms with Crippen molar-refractivity contribution in [1.82, 2.24) is 4.98 Å². The molecule has 0 aliphatic carbocycles. The van der Waals surface area contributed by atoms with Crippen molar-refractivity contribution in [2.45, 2.75) is 25.7 Å². The van der Waals surface area contributed by atoms with Crippen LogP contribution >= 0.6 is 11.3 Å². The van der Waals surface area contributed by atoms with Crippen LogP contribution in [0.25, 0.3) is 10.9 Å². The molecule has 0 aliphatic rings. The highest BCUT2D eigenvalue weighted by Gasteiger charge is 2.26. The van der Waals surface area contributed by atoms with Gasteiger partial charge in [0.25, 0.3) is 10.0 Å². The molecule has 1 aromatic carbocycles. The van der Waals surface area contributed by atoms with E-state index in [1.807, 2.05) is 6.92 Å². The Hall–Kier alpha value is -2.45. The van der Waals surface area contributed by atoms with Gasteiger partial charge < -0.3 is 4.74 Å². The average Bonchev–Trinajstić information content (AvgIpc) is 2.87. The van der Waals surface area contributed by atoms with Crippen LogP contribution in [0.15, 0.2) is 41.4 Å². The molecule has 3 aromatic rings. The van der Waals surface area contributed by atoms with E-state index in [2.05, 4.69) is 9.71 Å². The Balaban J connectivity index is 2.08. The van der Waals surface area contributed by atoms with E-state index >= 15 is 0 Å². The number of benzene rings is 1. The number of nitrogens with zero attached hydrogens (tertiary/aromatic N) is 1. The van der Waals surface area contributed by atoms with Crippen molar-refractivity contribution in [3.8, 4) is 0 Å². The molecule has 0 amide bonds. The summed E-state index contributed by atoms with van der Waals surface area (Å²) in [7, 11) is -3.92. The summed E-state index contributed by atoms with van der Waals surface area (Å²) in [5.74, 6) is -0.539. The summed E-state index contributed by atoms with van der Waals surface area (Å²) >= 11 is 1.21. The molecule has 8 heteroatoms. The maximum atomic E-state index is 13.0. The smallest absolute Gasteiger partial charge is 0.341 e. The summed E-state index contributed by atoms with van der Waals surface area (Å²) in [4.78, 5) is 17.4. The number of para-hydroxylation sites is 1. The lowest BCUT2D eigenvalue weighted by Gasteiger charge is -2.10. The number of pyridine rings is 1. The minimum absolute atomic E-state index is 0.0640. The van der Waals surface area contributed by atoms with Crippen LogP contribution in [0.4, 0.5) is 5.00 Å². The monoisotopic (exact) mass is 390 g/mol. The van der Waals surface area contributed by atoms with Crippen molar-refractivity contribution < 1.29 is 17.9 Å². The van der Waals surface area contributed by atoms with Crippen molar-refractivity contribution in [1.29, 1.82) is 0 Å². The van der Waals surface area contributed by atoms with E-state index in [0.717, 1.165) is 10.3 Å². The van der Waals surface area contributed by atoms with Crippen LogP contribution in [-0.4, -0.2) is 26.0 Å². The molecule has 0 bridgehead atoms. The second-order valence-corrected chi connectivity index (χ2v) is 8.52. The van der Waals surface area contributed by atoms with Gasteiger partial charge in [-0.15, -0.1) is 11.3 Å². The highest BCUT2D eigenvalue weighted by atomic mass is 32.2. The minimum Gasteiger partial charge on any atom is -0.462 e. The Labute approximate surface area is 155 Å². The zero-order valence-electron chi connectivity index (χ0n) is 14.6. The third-order valence-corrected chi connectivity index (χ3v) is 6.61. The fraction of sp³-hybridized carbons (Fsp3) is 0.222. The Morgan fingerprint density at radius 3 is 2.69 bits per heavy atom. The molecule has 0 unspecified atom stereocenters. The summed E-state index contributed by atoms with van der Waals surface area (Å²) in [6.45, 7) is 5.53. The number of thiophene rings is 1. The lowest BCUT2D eigenvalue weighted by molar-refractivity contribution is 0.0527. The summed E-state index contributed by atoms with van der Waals surface area (Å²) in [5.41, 5.74) is 1.35. The minimum atomic E-state index is -3.92. The van der Waals surface area contributed by atoms with Gasteiger partial charge in [0.1, 0.15) is 9.90 Å². The molecule has 136 valence electrons. The molecule has 1 N–H and O–H groups in total. The first-order valence-electron chi connectivity index (χ1n) is 7.99. The third-order valence-electron chi connectivity index (χ3n) is 3.98. The number of anilines is 1. The van der Waals surface area contributed by atoms with Gasteiger partial charge in [-0.25, -0.2) is 13.2 Å². The fourth-order valence-electron chi connectivity index (χ4n) is 2.62. The molecular formula is C18H18N2O4S2. The second-order valence-electron chi connectivity index (χ2n) is 5.64. The molecule has 2 aromatic heterocycles. The Kier molecular flexibility index (Phi) is 4.97. The summed E-state index contributed by atoms with van der Waals surface area (Å²) in [5, 5.41) is 0.978.